The standard InChI is InChI=1S/C25H22Cl2N4O4/c1-35-17-7-5-16(6-8-17)23-25(34)31(12-2-3-22(32)33)24-20(29-23)10-11-21(30-24)28-14-15-4-9-18(26)19(27)13-15/h4-11,13H,2-3,12,14H2,1H3,(H,28,30)(H,32,33). The highest BCUT2D eigenvalue weighted by Gasteiger charge is 2.15. The average molecular weight is 513 g/mol. The lowest BCUT2D eigenvalue weighted by molar-refractivity contribution is -0.137. The number of carboxylic acids is 1. The molecule has 0 saturated carbocycles. The molecule has 2 heterocycles. The minimum Gasteiger partial charge on any atom is -0.497 e. The number of halogens is 2. The third-order valence-electron chi connectivity index (χ3n) is 5.38. The van der Waals surface area contributed by atoms with Crippen LogP contribution in [0.4, 0.5) is 5.82 Å². The maximum atomic E-state index is 13.4. The van der Waals surface area contributed by atoms with Gasteiger partial charge in [-0.3, -0.25) is 14.2 Å². The van der Waals surface area contributed by atoms with Crippen molar-refractivity contribution >= 4 is 46.2 Å². The van der Waals surface area contributed by atoms with E-state index in [9.17, 15) is 9.59 Å². The second-order valence-electron chi connectivity index (χ2n) is 7.78. The van der Waals surface area contributed by atoms with Crippen LogP contribution in [-0.2, 0) is 17.9 Å². The van der Waals surface area contributed by atoms with Crippen LogP contribution >= 0.6 is 23.2 Å². The van der Waals surface area contributed by atoms with Gasteiger partial charge in [0, 0.05) is 25.1 Å². The number of pyridine rings is 1. The summed E-state index contributed by atoms with van der Waals surface area (Å²) in [6.07, 6.45) is 0.211. The fourth-order valence-electron chi connectivity index (χ4n) is 3.59. The normalized spacial score (nSPS) is 10.9. The van der Waals surface area contributed by atoms with Crippen LogP contribution in [0.3, 0.4) is 0 Å². The molecule has 0 spiro atoms. The number of anilines is 1. The quantitative estimate of drug-likeness (QED) is 0.315. The third kappa shape index (κ3) is 5.72. The summed E-state index contributed by atoms with van der Waals surface area (Å²) in [7, 11) is 1.57. The number of nitrogens with zero attached hydrogens (tertiary/aromatic N) is 3. The Balaban J connectivity index is 1.71. The van der Waals surface area contributed by atoms with Gasteiger partial charge in [0.2, 0.25) is 0 Å². The van der Waals surface area contributed by atoms with E-state index in [4.69, 9.17) is 33.0 Å². The highest BCUT2D eigenvalue weighted by Crippen LogP contribution is 2.24. The Labute approximate surface area is 211 Å². The zero-order chi connectivity index (χ0) is 24.9. The smallest absolute Gasteiger partial charge is 0.303 e. The van der Waals surface area contributed by atoms with Gasteiger partial charge in [-0.2, -0.15) is 0 Å². The number of aryl methyl sites for hydroxylation is 1. The van der Waals surface area contributed by atoms with E-state index in [1.807, 2.05) is 6.07 Å². The van der Waals surface area contributed by atoms with Crippen molar-refractivity contribution in [2.45, 2.75) is 25.9 Å². The number of hydrogen-bond acceptors (Lipinski definition) is 6. The van der Waals surface area contributed by atoms with Crippen LogP contribution in [0.15, 0.2) is 59.4 Å². The van der Waals surface area contributed by atoms with Crippen molar-refractivity contribution in [2.75, 3.05) is 12.4 Å². The zero-order valence-electron chi connectivity index (χ0n) is 18.8. The van der Waals surface area contributed by atoms with Gasteiger partial charge in [0.1, 0.15) is 22.8 Å². The molecular weight excluding hydrogens is 491 g/mol. The van der Waals surface area contributed by atoms with Gasteiger partial charge in [-0.25, -0.2) is 9.97 Å². The maximum absolute atomic E-state index is 13.4. The molecule has 0 atom stereocenters. The third-order valence-corrected chi connectivity index (χ3v) is 6.12. The first-order valence-corrected chi connectivity index (χ1v) is 11.6. The Morgan fingerprint density at radius 1 is 1.06 bits per heavy atom. The lowest BCUT2D eigenvalue weighted by Gasteiger charge is -2.13. The van der Waals surface area contributed by atoms with Gasteiger partial charge in [-0.15, -0.1) is 0 Å². The molecule has 0 fully saturated rings. The molecule has 0 unspecified atom stereocenters. The number of hydrogen-bond donors (Lipinski definition) is 2. The van der Waals surface area contributed by atoms with Gasteiger partial charge in [-0.05, 0) is 60.5 Å². The van der Waals surface area contributed by atoms with Crippen LogP contribution in [0.5, 0.6) is 5.75 Å². The second kappa shape index (κ2) is 10.8. The molecule has 0 bridgehead atoms. The topological polar surface area (TPSA) is 106 Å². The van der Waals surface area contributed by atoms with E-state index < -0.39 is 5.97 Å². The fraction of sp³-hybridized carbons (Fsp3) is 0.200. The monoisotopic (exact) mass is 512 g/mol. The van der Waals surface area contributed by atoms with Crippen LogP contribution in [0, 0.1) is 0 Å². The number of carboxylic acid groups (broad SMARTS) is 1. The molecule has 2 aromatic heterocycles. The Morgan fingerprint density at radius 3 is 2.51 bits per heavy atom. The van der Waals surface area contributed by atoms with Crippen molar-refractivity contribution in [3.8, 4) is 17.0 Å². The number of nitrogens with one attached hydrogen (secondary N) is 1. The summed E-state index contributed by atoms with van der Waals surface area (Å²) in [5.41, 5.74) is 2.35. The maximum Gasteiger partial charge on any atom is 0.303 e. The summed E-state index contributed by atoms with van der Waals surface area (Å²) in [4.78, 5) is 33.6. The zero-order valence-corrected chi connectivity index (χ0v) is 20.3. The lowest BCUT2D eigenvalue weighted by atomic mass is 10.1. The molecule has 0 aliphatic rings. The number of aromatic nitrogens is 3. The van der Waals surface area contributed by atoms with Crippen LogP contribution in [-0.4, -0.2) is 32.7 Å². The minimum atomic E-state index is -0.927. The predicted octanol–water partition coefficient (Wildman–Crippen LogP) is 5.25. The van der Waals surface area contributed by atoms with Crippen molar-refractivity contribution in [2.24, 2.45) is 0 Å². The van der Waals surface area contributed by atoms with E-state index >= 15 is 0 Å². The van der Waals surface area contributed by atoms with Gasteiger partial charge in [-0.1, -0.05) is 29.3 Å². The molecule has 4 aromatic rings. The predicted molar refractivity (Wildman–Crippen MR) is 136 cm³/mol. The summed E-state index contributed by atoms with van der Waals surface area (Å²) in [5, 5.41) is 13.2. The summed E-state index contributed by atoms with van der Waals surface area (Å²) >= 11 is 12.1. The number of ether oxygens (including phenoxy) is 1. The Kier molecular flexibility index (Phi) is 7.53. The van der Waals surface area contributed by atoms with E-state index in [-0.39, 0.29) is 30.6 Å². The first-order chi connectivity index (χ1) is 16.9. The van der Waals surface area contributed by atoms with E-state index in [2.05, 4.69) is 15.3 Å². The minimum absolute atomic E-state index is 0.0661. The van der Waals surface area contributed by atoms with Crippen LogP contribution in [0.1, 0.15) is 18.4 Å². The van der Waals surface area contributed by atoms with Crippen LogP contribution in [0.25, 0.3) is 22.4 Å². The molecule has 2 aromatic carbocycles. The molecule has 4 rings (SSSR count). The van der Waals surface area contributed by atoms with Gasteiger partial charge >= 0.3 is 5.97 Å². The van der Waals surface area contributed by atoms with Gasteiger partial charge in [0.25, 0.3) is 5.56 Å². The summed E-state index contributed by atoms with van der Waals surface area (Å²) in [6.45, 7) is 0.632. The summed E-state index contributed by atoms with van der Waals surface area (Å²) in [6, 6.07) is 15.9. The molecule has 10 heteroatoms. The van der Waals surface area contributed by atoms with Crippen molar-refractivity contribution < 1.29 is 14.6 Å². The number of aliphatic carboxylic acids is 1. The highest BCUT2D eigenvalue weighted by molar-refractivity contribution is 6.42. The van der Waals surface area contributed by atoms with E-state index in [1.165, 1.54) is 4.57 Å². The molecule has 0 aliphatic carbocycles. The summed E-state index contributed by atoms with van der Waals surface area (Å²) < 4.78 is 6.68. The molecule has 180 valence electrons. The van der Waals surface area contributed by atoms with Crippen molar-refractivity contribution in [3.63, 3.8) is 0 Å². The number of methoxy groups -OCH3 is 1. The molecule has 35 heavy (non-hydrogen) atoms. The molecule has 2 N–H and O–H groups in total. The summed E-state index contributed by atoms with van der Waals surface area (Å²) in [5.74, 6) is 0.272. The number of rotatable bonds is 9. The molecule has 0 radical (unpaired) electrons. The van der Waals surface area contributed by atoms with Gasteiger partial charge in [0.05, 0.1) is 17.2 Å². The largest absolute Gasteiger partial charge is 0.497 e. The molecule has 0 saturated heterocycles. The molecule has 0 amide bonds. The molecule has 8 nitrogen and oxygen atoms in total. The number of carbonyl (C=O) groups is 1. The van der Waals surface area contributed by atoms with Gasteiger partial charge < -0.3 is 15.2 Å². The number of fused-ring (bicyclic) bond motifs is 1. The molecular formula is C25H22Cl2N4O4. The number of benzene rings is 2. The Bertz CT molecular complexity index is 1440. The van der Waals surface area contributed by atoms with E-state index in [0.29, 0.717) is 44.9 Å². The van der Waals surface area contributed by atoms with Crippen molar-refractivity contribution in [3.05, 3.63) is 80.6 Å². The van der Waals surface area contributed by atoms with E-state index in [1.54, 1.807) is 55.6 Å². The average Bonchev–Trinajstić information content (AvgIpc) is 2.85. The SMILES string of the molecule is COc1ccc(-c2nc3ccc(NCc4ccc(Cl)c(Cl)c4)nc3n(CCCC(=O)O)c2=O)cc1. The van der Waals surface area contributed by atoms with Crippen LogP contribution in [0.2, 0.25) is 10.0 Å². The van der Waals surface area contributed by atoms with Crippen molar-refractivity contribution in [1.82, 2.24) is 14.5 Å². The Hall–Kier alpha value is -3.62. The highest BCUT2D eigenvalue weighted by atomic mass is 35.5. The first kappa shape index (κ1) is 24.5. The van der Waals surface area contributed by atoms with Crippen LogP contribution < -0.4 is 15.6 Å². The lowest BCUT2D eigenvalue weighted by Crippen LogP contribution is -2.25. The molecule has 0 aliphatic heterocycles. The second-order valence-corrected chi connectivity index (χ2v) is 8.60. The van der Waals surface area contributed by atoms with E-state index in [0.717, 1.165) is 5.56 Å². The first-order valence-electron chi connectivity index (χ1n) is 10.8. The van der Waals surface area contributed by atoms with Gasteiger partial charge in [0.15, 0.2) is 5.65 Å². The van der Waals surface area contributed by atoms with Crippen molar-refractivity contribution in [1.29, 1.82) is 0 Å². The Morgan fingerprint density at radius 2 is 1.83 bits per heavy atom. The fourth-order valence-corrected chi connectivity index (χ4v) is 3.91.